The fourth-order valence-electron chi connectivity index (χ4n) is 12.7. The molecular weight excluding hydrogens is 1770 g/mol. The second-order valence-corrected chi connectivity index (χ2v) is 40.6. The first-order chi connectivity index (χ1) is 58.0. The van der Waals surface area contributed by atoms with E-state index in [4.69, 9.17) is 45.0 Å². The van der Waals surface area contributed by atoms with Crippen LogP contribution in [0.3, 0.4) is 0 Å². The van der Waals surface area contributed by atoms with Crippen molar-refractivity contribution in [2.75, 3.05) is 11.0 Å². The van der Waals surface area contributed by atoms with Crippen molar-refractivity contribution < 1.29 is 138 Å². The van der Waals surface area contributed by atoms with Gasteiger partial charge in [-0.2, -0.15) is 0 Å². The van der Waals surface area contributed by atoms with Crippen LogP contribution in [-0.2, 0) is 47.5 Å². The van der Waals surface area contributed by atoms with Crippen molar-refractivity contribution in [3.8, 4) is 0 Å². The summed E-state index contributed by atoms with van der Waals surface area (Å²) in [5.41, 5.74) is 2.73. The Hall–Kier alpha value is -7.25. The first-order valence-electron chi connectivity index (χ1n) is 43.1. The largest absolute Gasteiger partial charge is 0.356 e. The molecule has 0 saturated heterocycles. The van der Waals surface area contributed by atoms with Gasteiger partial charge in [0.25, 0.3) is 6.47 Å². The van der Waals surface area contributed by atoms with Crippen molar-refractivity contribution >= 4 is 73.1 Å². The van der Waals surface area contributed by atoms with Crippen molar-refractivity contribution in [3.63, 3.8) is 0 Å². The number of ketones is 1. The summed E-state index contributed by atoms with van der Waals surface area (Å²) in [6, 6.07) is 32.6. The molecule has 0 radical (unpaired) electrons. The summed E-state index contributed by atoms with van der Waals surface area (Å²) in [5.74, 6) is -9.12. The zero-order valence-corrected chi connectivity index (χ0v) is 79.2. The van der Waals surface area contributed by atoms with Gasteiger partial charge in [0.05, 0.1) is 18.8 Å². The molecule has 7 fully saturated rings. The smallest absolute Gasteiger partial charge is 0.248 e. The van der Waals surface area contributed by atoms with Gasteiger partial charge < -0.3 is 75.2 Å². The van der Waals surface area contributed by atoms with E-state index in [0.717, 1.165) is 68.6 Å². The van der Waals surface area contributed by atoms with Crippen LogP contribution in [-0.4, -0.2) is 171 Å². The number of nitrogens with two attached hydrogens (primary N) is 2. The number of hydrogen-bond donors (Lipinski definition) is 8. The number of hydrogen-bond acceptors (Lipinski definition) is 19. The molecular formula is C91H144F8IN7O17P-. The number of aliphatic hydroxyl groups excluding tert-OH is 2. The normalized spacial score (nSPS) is 20.6. The number of nitrogens with zero attached hydrogens (tertiary/aromatic N) is 1. The first-order valence-corrected chi connectivity index (χ1v) is 47.2. The summed E-state index contributed by atoms with van der Waals surface area (Å²) < 4.78 is 140. The molecule has 125 heavy (non-hydrogen) atoms. The number of halogens is 9. The second kappa shape index (κ2) is 58.3. The number of amides is 4. The quantitative estimate of drug-likeness (QED) is 0.00798. The predicted octanol–water partition coefficient (Wildman–Crippen LogP) is 16.2. The molecule has 34 heteroatoms. The molecule has 0 aromatic heterocycles. The molecule has 0 bridgehead atoms. The number of carbonyl (C=O) groups is 8. The minimum atomic E-state index is -2.56. The number of aliphatic hydroxyl groups is 2. The van der Waals surface area contributed by atoms with E-state index in [9.17, 15) is 78.6 Å². The van der Waals surface area contributed by atoms with Crippen molar-refractivity contribution in [3.05, 3.63) is 102 Å². The van der Waals surface area contributed by atoms with Gasteiger partial charge in [-0.05, 0) is 225 Å². The SMILES string of the molecule is CC(C)(C)OC(=O)NC1CCC(=O)CC1.CC(C)(C)OC(=O)NC1CCC(F)(F)CC1.CC(C)(C)OC(=O)NC1CCC(O)CC1.CC(C)(C)OC(=O)OC(=O)OC(C)(C)C.CCOC=O.NC1CCC(O)CC1.N[I-]CC1CCC(F)(F)CC1.O=CNC1CCC(F)(F)CC1.[C-]#[N+]C1CCC(F)(F)CC1.c1ccc(P(c2ccccc2)c2ccccc2)cc1. The number of Topliss-reactive ketones (excluding diaryl/α,β-unsaturated/α-hetero) is 1. The van der Waals surface area contributed by atoms with E-state index in [1.54, 1.807) is 69.2 Å². The van der Waals surface area contributed by atoms with E-state index in [1.807, 2.05) is 41.5 Å². The van der Waals surface area contributed by atoms with Gasteiger partial charge >= 0.3 is 107 Å². The third-order valence-corrected chi connectivity index (χ3v) is 23.3. The third kappa shape index (κ3) is 61.8. The maximum atomic E-state index is 12.8. The van der Waals surface area contributed by atoms with E-state index in [2.05, 4.69) is 127 Å². The van der Waals surface area contributed by atoms with E-state index in [0.29, 0.717) is 95.7 Å². The predicted molar refractivity (Wildman–Crippen MR) is 466 cm³/mol. The molecule has 0 spiro atoms. The number of nitrogens with one attached hydrogen (secondary N) is 4. The molecule has 10 rings (SSSR count). The van der Waals surface area contributed by atoms with Gasteiger partial charge in [-0.3, -0.25) is 14.4 Å². The zero-order valence-electron chi connectivity index (χ0n) is 76.2. The van der Waals surface area contributed by atoms with Gasteiger partial charge in [0, 0.05) is 94.4 Å². The Kier molecular flexibility index (Phi) is 54.0. The molecule has 7 aliphatic carbocycles. The molecule has 3 aromatic carbocycles. The fraction of sp³-hybridized carbons (Fsp3) is 0.703. The molecule has 24 nitrogen and oxygen atoms in total. The van der Waals surface area contributed by atoms with Crippen LogP contribution in [0.4, 0.5) is 59.1 Å². The summed E-state index contributed by atoms with van der Waals surface area (Å²) in [6.45, 7) is 35.6. The van der Waals surface area contributed by atoms with Crippen LogP contribution in [0.25, 0.3) is 4.85 Å². The monoisotopic (exact) mass is 1920 g/mol. The topological polar surface area (TPSA) is 346 Å². The fourth-order valence-corrected chi connectivity index (χ4v) is 16.6. The van der Waals surface area contributed by atoms with E-state index in [1.165, 1.54) is 15.9 Å². The minimum absolute atomic E-state index is 0.0351. The number of rotatable bonds is 12. The van der Waals surface area contributed by atoms with Crippen molar-refractivity contribution in [2.24, 2.45) is 15.6 Å². The molecule has 714 valence electrons. The van der Waals surface area contributed by atoms with Crippen LogP contribution in [0.15, 0.2) is 91.0 Å². The number of alkyl halides is 9. The van der Waals surface area contributed by atoms with Crippen molar-refractivity contribution in [2.45, 2.75) is 391 Å². The minimum Gasteiger partial charge on any atom is -0.356 e. The summed E-state index contributed by atoms with van der Waals surface area (Å²) >= 11 is -0.194. The number of carbonyl (C=O) groups excluding carboxylic acids is 8. The third-order valence-electron chi connectivity index (χ3n) is 19.1. The standard InChI is InChI=1S/C18H15P.C11H19F2NO2.C11H21NO3.C11H19NO3.C10H18O5.C7H13F2IN.C7H11F2NO.C7H9F2N.C6H13NO.C3H6O2/c1-4-10-16(11-5-1)19(17-12-6-2-7-13-17)18-14-8-3-9-15-18;1-10(2,3)16-9(15)14-8-4-6-11(12,13)7-5-8;2*1-11(2,3)15-10(14)12-8-4-6-9(13)7-5-8;1-9(2,3)14-7(11)13-8(12)15-10(4,5)6;8-7(9)3-1-6(2-4-7)5-10-11;8-7(9)3-1-6(2-4-7)10-5-11;1-10-6-2-4-7(8,9)5-3-6;7-5-1-3-6(8)4-2-5;1-2-5-3-4/h1-15H;8H,4-7H2,1-3H3,(H,14,15);8-9,13H,4-7H2,1-3H3,(H,12,14);8H,4-7H2,1-3H3,(H,12,14);1-6H3;6H,1-5,11H2;5-6H,1-4H2,(H,10,11);6H,2-5H2;5-6,8H,1-4,7H2;3H,2H2,1H3/q;;;;;-1;;;;. The summed E-state index contributed by atoms with van der Waals surface area (Å²) in [6.07, 6.45) is 9.54. The van der Waals surface area contributed by atoms with Gasteiger partial charge in [-0.1, -0.05) is 91.0 Å². The summed E-state index contributed by atoms with van der Waals surface area (Å²) in [7, 11) is -0.446. The van der Waals surface area contributed by atoms with Crippen molar-refractivity contribution in [1.82, 2.24) is 21.3 Å². The molecule has 7 aliphatic rings. The molecule has 0 heterocycles. The first kappa shape index (κ1) is 116. The van der Waals surface area contributed by atoms with Gasteiger partial charge in [0.1, 0.15) is 33.8 Å². The second-order valence-electron chi connectivity index (χ2n) is 36.6. The maximum absolute atomic E-state index is 12.8. The zero-order chi connectivity index (χ0) is 94.9. The summed E-state index contributed by atoms with van der Waals surface area (Å²) in [4.78, 5) is 89.5. The molecule has 10 N–H and O–H groups in total. The van der Waals surface area contributed by atoms with Crippen LogP contribution < -0.4 is 68.3 Å². The van der Waals surface area contributed by atoms with Crippen LogP contribution in [0.2, 0.25) is 0 Å². The van der Waals surface area contributed by atoms with Crippen LogP contribution >= 0.6 is 7.92 Å². The number of ether oxygens (including phenoxy) is 7. The van der Waals surface area contributed by atoms with Crippen molar-refractivity contribution in [1.29, 1.82) is 0 Å². The van der Waals surface area contributed by atoms with Gasteiger partial charge in [-0.15, -0.1) is 0 Å². The van der Waals surface area contributed by atoms with Gasteiger partial charge in [0.2, 0.25) is 30.2 Å². The molecule has 7 saturated carbocycles. The Morgan fingerprint density at radius 2 is 0.760 bits per heavy atom. The number of benzene rings is 3. The van der Waals surface area contributed by atoms with Crippen LogP contribution in [0.5, 0.6) is 0 Å². The molecule has 3 aromatic rings. The van der Waals surface area contributed by atoms with Crippen LogP contribution in [0.1, 0.15) is 291 Å². The Bertz CT molecular complexity index is 3400. The molecule has 0 aliphatic heterocycles. The Morgan fingerprint density at radius 3 is 1.04 bits per heavy atom. The number of alkyl carbamates (subject to hydrolysis) is 3. The van der Waals surface area contributed by atoms with E-state index >= 15 is 0 Å². The Morgan fingerprint density at radius 1 is 0.464 bits per heavy atom. The Labute approximate surface area is 748 Å². The van der Waals surface area contributed by atoms with Crippen LogP contribution in [0, 0.1) is 12.5 Å². The van der Waals surface area contributed by atoms with E-state index < -0.39 is 78.0 Å². The van der Waals surface area contributed by atoms with Gasteiger partial charge in [-0.25, -0.2) is 56.9 Å². The van der Waals surface area contributed by atoms with Gasteiger partial charge in [0.15, 0.2) is 0 Å². The molecule has 0 atom stereocenters. The van der Waals surface area contributed by atoms with E-state index in [-0.39, 0.29) is 133 Å². The maximum Gasteiger partial charge on any atom is 0.248 e. The average molecular weight is 1920 g/mol. The summed E-state index contributed by atoms with van der Waals surface area (Å²) in [5, 5.41) is 33.2. The molecule has 0 unspecified atom stereocenters. The average Bonchev–Trinajstić information content (AvgIpc) is 0.819. The Balaban J connectivity index is 0.000000704. The molecule has 4 amide bonds.